The van der Waals surface area contributed by atoms with Gasteiger partial charge in [-0.3, -0.25) is 4.90 Å². The SMILES string of the molecule is CS(=O)(=O)N1CCN(Cc2c(O)ccc3c4c(c(=O)oc23)CCC4)CC1. The zero-order valence-corrected chi connectivity index (χ0v) is 15.5. The van der Waals surface area contributed by atoms with Crippen LogP contribution < -0.4 is 5.63 Å². The highest BCUT2D eigenvalue weighted by Crippen LogP contribution is 2.33. The molecule has 0 radical (unpaired) electrons. The topological polar surface area (TPSA) is 91.1 Å². The summed E-state index contributed by atoms with van der Waals surface area (Å²) in [5.41, 5.74) is 2.55. The van der Waals surface area contributed by atoms with E-state index < -0.39 is 10.0 Å². The number of rotatable bonds is 3. The van der Waals surface area contributed by atoms with Gasteiger partial charge in [-0.1, -0.05) is 0 Å². The highest BCUT2D eigenvalue weighted by molar-refractivity contribution is 7.88. The van der Waals surface area contributed by atoms with Gasteiger partial charge < -0.3 is 9.52 Å². The monoisotopic (exact) mass is 378 g/mol. The summed E-state index contributed by atoms with van der Waals surface area (Å²) >= 11 is 0. The molecule has 0 amide bonds. The van der Waals surface area contributed by atoms with Crippen LogP contribution in [0.25, 0.3) is 11.0 Å². The Kier molecular flexibility index (Phi) is 4.29. The molecule has 0 spiro atoms. The van der Waals surface area contributed by atoms with Crippen molar-refractivity contribution in [3.63, 3.8) is 0 Å². The van der Waals surface area contributed by atoms with E-state index in [0.717, 1.165) is 35.8 Å². The number of aromatic hydroxyl groups is 1. The van der Waals surface area contributed by atoms with E-state index in [-0.39, 0.29) is 11.4 Å². The van der Waals surface area contributed by atoms with Crippen molar-refractivity contribution in [2.45, 2.75) is 25.8 Å². The summed E-state index contributed by atoms with van der Waals surface area (Å²) in [6, 6.07) is 3.48. The molecule has 0 unspecified atom stereocenters. The first-order valence-corrected chi connectivity index (χ1v) is 10.7. The lowest BCUT2D eigenvalue weighted by Crippen LogP contribution is -2.47. The van der Waals surface area contributed by atoms with Gasteiger partial charge in [-0.05, 0) is 37.0 Å². The van der Waals surface area contributed by atoms with Gasteiger partial charge in [0, 0.05) is 43.7 Å². The van der Waals surface area contributed by atoms with E-state index in [0.29, 0.717) is 43.9 Å². The van der Waals surface area contributed by atoms with Crippen molar-refractivity contribution >= 4 is 21.0 Å². The van der Waals surface area contributed by atoms with Crippen LogP contribution in [-0.4, -0.2) is 55.2 Å². The fraction of sp³-hybridized carbons (Fsp3) is 0.500. The number of benzene rings is 1. The summed E-state index contributed by atoms with van der Waals surface area (Å²) < 4.78 is 30.3. The third kappa shape index (κ3) is 3.02. The zero-order valence-electron chi connectivity index (χ0n) is 14.7. The standard InChI is InChI=1S/C18H22N2O5S/c1-26(23,24)20-9-7-19(8-10-20)11-15-16(21)6-5-13-12-3-2-4-14(12)18(22)25-17(13)15/h5-6,21H,2-4,7-11H2,1H3. The Bertz CT molecular complexity index is 1020. The minimum atomic E-state index is -3.18. The average molecular weight is 378 g/mol. The number of phenols is 1. The van der Waals surface area contributed by atoms with Crippen molar-refractivity contribution in [3.8, 4) is 5.75 Å². The number of aryl methyl sites for hydroxylation is 1. The lowest BCUT2D eigenvalue weighted by molar-refractivity contribution is 0.180. The zero-order chi connectivity index (χ0) is 18.5. The molecule has 140 valence electrons. The minimum Gasteiger partial charge on any atom is -0.507 e. The second-order valence-electron chi connectivity index (χ2n) is 7.08. The smallest absolute Gasteiger partial charge is 0.339 e. The number of phenolic OH excluding ortho intramolecular Hbond substituents is 1. The van der Waals surface area contributed by atoms with Crippen molar-refractivity contribution in [2.24, 2.45) is 0 Å². The Labute approximate surface area is 151 Å². The molecule has 2 aromatic rings. The van der Waals surface area contributed by atoms with E-state index in [2.05, 4.69) is 4.90 Å². The number of fused-ring (bicyclic) bond motifs is 3. The van der Waals surface area contributed by atoms with Crippen molar-refractivity contribution in [1.82, 2.24) is 9.21 Å². The molecule has 1 aromatic carbocycles. The molecule has 1 aromatic heterocycles. The fourth-order valence-electron chi connectivity index (χ4n) is 3.99. The molecule has 7 nitrogen and oxygen atoms in total. The first kappa shape index (κ1) is 17.5. The number of sulfonamides is 1. The van der Waals surface area contributed by atoms with E-state index in [1.165, 1.54) is 10.6 Å². The Hall–Kier alpha value is -1.90. The van der Waals surface area contributed by atoms with Gasteiger partial charge in [0.05, 0.1) is 11.8 Å². The maximum Gasteiger partial charge on any atom is 0.339 e. The Morgan fingerprint density at radius 1 is 1.12 bits per heavy atom. The minimum absolute atomic E-state index is 0.101. The van der Waals surface area contributed by atoms with Crippen LogP contribution in [0.2, 0.25) is 0 Å². The van der Waals surface area contributed by atoms with Gasteiger partial charge in [0.2, 0.25) is 10.0 Å². The quantitative estimate of drug-likeness (QED) is 0.804. The molecule has 2 heterocycles. The Morgan fingerprint density at radius 2 is 1.81 bits per heavy atom. The van der Waals surface area contributed by atoms with Crippen LogP contribution in [0.5, 0.6) is 5.75 Å². The summed E-state index contributed by atoms with van der Waals surface area (Å²) in [5, 5.41) is 11.3. The van der Waals surface area contributed by atoms with Gasteiger partial charge in [-0.25, -0.2) is 13.2 Å². The summed E-state index contributed by atoms with van der Waals surface area (Å²) in [6.07, 6.45) is 3.77. The van der Waals surface area contributed by atoms with E-state index in [1.807, 2.05) is 6.07 Å². The number of piperazine rings is 1. The van der Waals surface area contributed by atoms with Crippen LogP contribution in [0, 0.1) is 0 Å². The number of nitrogens with zero attached hydrogens (tertiary/aromatic N) is 2. The molecule has 26 heavy (non-hydrogen) atoms. The van der Waals surface area contributed by atoms with Crippen LogP contribution in [-0.2, 0) is 29.4 Å². The molecule has 4 rings (SSSR count). The van der Waals surface area contributed by atoms with Crippen molar-refractivity contribution in [1.29, 1.82) is 0 Å². The van der Waals surface area contributed by atoms with E-state index in [9.17, 15) is 18.3 Å². The van der Waals surface area contributed by atoms with Crippen LogP contribution >= 0.6 is 0 Å². The molecule has 8 heteroatoms. The van der Waals surface area contributed by atoms with Gasteiger partial charge in [0.1, 0.15) is 11.3 Å². The molecule has 2 aliphatic rings. The fourth-order valence-corrected chi connectivity index (χ4v) is 4.81. The third-order valence-corrected chi connectivity index (χ3v) is 6.71. The first-order valence-electron chi connectivity index (χ1n) is 8.81. The second-order valence-corrected chi connectivity index (χ2v) is 9.06. The summed E-state index contributed by atoms with van der Waals surface area (Å²) in [5.74, 6) is 0.101. The second kappa shape index (κ2) is 6.37. The maximum absolute atomic E-state index is 12.3. The van der Waals surface area contributed by atoms with E-state index >= 15 is 0 Å². The molecule has 1 fully saturated rings. The molecule has 1 saturated heterocycles. The van der Waals surface area contributed by atoms with Crippen LogP contribution in [0.3, 0.4) is 0 Å². The third-order valence-electron chi connectivity index (χ3n) is 5.40. The van der Waals surface area contributed by atoms with Crippen LogP contribution in [0.4, 0.5) is 0 Å². The van der Waals surface area contributed by atoms with E-state index in [4.69, 9.17) is 4.42 Å². The normalized spacial score (nSPS) is 19.1. The predicted octanol–water partition coefficient (Wildman–Crippen LogP) is 1.06. The van der Waals surface area contributed by atoms with Crippen molar-refractivity contribution < 1.29 is 17.9 Å². The average Bonchev–Trinajstić information content (AvgIpc) is 3.08. The molecule has 0 saturated carbocycles. The summed E-state index contributed by atoms with van der Waals surface area (Å²) in [6.45, 7) is 2.39. The lowest BCUT2D eigenvalue weighted by Gasteiger charge is -2.33. The highest BCUT2D eigenvalue weighted by Gasteiger charge is 2.26. The lowest BCUT2D eigenvalue weighted by atomic mass is 10.0. The maximum atomic E-state index is 12.3. The summed E-state index contributed by atoms with van der Waals surface area (Å²) in [4.78, 5) is 14.4. The van der Waals surface area contributed by atoms with Gasteiger partial charge in [0.15, 0.2) is 0 Å². The molecular formula is C18H22N2O5S. The number of hydrogen-bond acceptors (Lipinski definition) is 6. The van der Waals surface area contributed by atoms with Gasteiger partial charge in [-0.2, -0.15) is 4.31 Å². The highest BCUT2D eigenvalue weighted by atomic mass is 32.2. The molecule has 1 N–H and O–H groups in total. The van der Waals surface area contributed by atoms with Crippen molar-refractivity contribution in [2.75, 3.05) is 32.4 Å². The van der Waals surface area contributed by atoms with Crippen LogP contribution in [0.15, 0.2) is 21.3 Å². The van der Waals surface area contributed by atoms with Crippen LogP contribution in [0.1, 0.15) is 23.1 Å². The molecule has 0 atom stereocenters. The predicted molar refractivity (Wildman–Crippen MR) is 97.9 cm³/mol. The van der Waals surface area contributed by atoms with E-state index in [1.54, 1.807) is 6.07 Å². The molecular weight excluding hydrogens is 356 g/mol. The number of hydrogen-bond donors (Lipinski definition) is 1. The molecule has 1 aliphatic heterocycles. The Morgan fingerprint density at radius 3 is 2.50 bits per heavy atom. The Balaban J connectivity index is 1.66. The first-order chi connectivity index (χ1) is 12.3. The van der Waals surface area contributed by atoms with Gasteiger partial charge >= 0.3 is 5.63 Å². The van der Waals surface area contributed by atoms with Gasteiger partial charge in [0.25, 0.3) is 0 Å². The molecule has 0 bridgehead atoms. The summed E-state index contributed by atoms with van der Waals surface area (Å²) in [7, 11) is -3.18. The largest absolute Gasteiger partial charge is 0.507 e. The van der Waals surface area contributed by atoms with Crippen molar-refractivity contribution in [3.05, 3.63) is 39.2 Å². The molecule has 1 aliphatic carbocycles. The van der Waals surface area contributed by atoms with Gasteiger partial charge in [-0.15, -0.1) is 0 Å².